The Morgan fingerprint density at radius 3 is 2.66 bits per heavy atom. The van der Waals surface area contributed by atoms with Crippen molar-refractivity contribution in [1.29, 1.82) is 0 Å². The van der Waals surface area contributed by atoms with Gasteiger partial charge in [0.1, 0.15) is 0 Å². The van der Waals surface area contributed by atoms with E-state index >= 15 is 0 Å². The van der Waals surface area contributed by atoms with E-state index in [1.807, 2.05) is 60.7 Å². The average molecular weight is 401 g/mol. The molecule has 0 saturated heterocycles. The molecule has 3 N–H and O–H groups in total. The third-order valence-corrected chi connectivity index (χ3v) is 4.84. The number of nitrogens with one attached hydrogen (secondary N) is 1. The van der Waals surface area contributed by atoms with Gasteiger partial charge in [0.15, 0.2) is 0 Å². The lowest BCUT2D eigenvalue weighted by atomic mass is 9.96. The molecule has 1 amide bonds. The number of anilines is 2. The molecule has 0 bridgehead atoms. The fourth-order valence-electron chi connectivity index (χ4n) is 3.19. The molecule has 6 heteroatoms. The lowest BCUT2D eigenvalue weighted by Gasteiger charge is -2.13. The number of nitrogens with two attached hydrogens (primary N) is 1. The Kier molecular flexibility index (Phi) is 4.97. The molecule has 29 heavy (non-hydrogen) atoms. The first kappa shape index (κ1) is 18.7. The summed E-state index contributed by atoms with van der Waals surface area (Å²) in [7, 11) is 0. The molecule has 0 aliphatic carbocycles. The molecule has 5 nitrogen and oxygen atoms in total. The maximum atomic E-state index is 11.7. The van der Waals surface area contributed by atoms with Gasteiger partial charge in [0.05, 0.1) is 5.52 Å². The number of halogens is 1. The highest BCUT2D eigenvalue weighted by Gasteiger charge is 2.13. The van der Waals surface area contributed by atoms with Crippen LogP contribution in [0, 0.1) is 0 Å². The van der Waals surface area contributed by atoms with Crippen LogP contribution < -0.4 is 11.1 Å². The molecule has 3 aromatic carbocycles. The number of hydrogen-bond donors (Lipinski definition) is 2. The predicted octanol–water partition coefficient (Wildman–Crippen LogP) is 5.32. The number of amides is 1. The van der Waals surface area contributed by atoms with E-state index in [-0.39, 0.29) is 11.9 Å². The highest BCUT2D eigenvalue weighted by molar-refractivity contribution is 6.33. The van der Waals surface area contributed by atoms with Gasteiger partial charge in [0.2, 0.25) is 11.9 Å². The SMILES string of the molecule is C=CC(=O)Nc1cccc(-c2cc(-c3ccccc3Cl)cc3cnc(N)nc23)c1. The van der Waals surface area contributed by atoms with Crippen LogP contribution in [-0.4, -0.2) is 15.9 Å². The van der Waals surface area contributed by atoms with Gasteiger partial charge in [-0.1, -0.05) is 48.5 Å². The van der Waals surface area contributed by atoms with Gasteiger partial charge >= 0.3 is 0 Å². The molecule has 142 valence electrons. The molecule has 4 rings (SSSR count). The van der Waals surface area contributed by atoms with Crippen molar-refractivity contribution < 1.29 is 4.79 Å². The number of carbonyl (C=O) groups is 1. The fraction of sp³-hybridized carbons (Fsp3) is 0. The Bertz CT molecular complexity index is 1250. The Balaban J connectivity index is 1.94. The van der Waals surface area contributed by atoms with Gasteiger partial charge in [0, 0.05) is 33.4 Å². The molecule has 1 aromatic heterocycles. The van der Waals surface area contributed by atoms with Crippen molar-refractivity contribution in [3.05, 3.63) is 84.5 Å². The summed E-state index contributed by atoms with van der Waals surface area (Å²) in [5.41, 5.74) is 10.8. The van der Waals surface area contributed by atoms with Gasteiger partial charge in [0.25, 0.3) is 0 Å². The quantitative estimate of drug-likeness (QED) is 0.454. The van der Waals surface area contributed by atoms with Crippen LogP contribution in [0.1, 0.15) is 0 Å². The van der Waals surface area contributed by atoms with E-state index in [4.69, 9.17) is 17.3 Å². The van der Waals surface area contributed by atoms with E-state index in [2.05, 4.69) is 21.9 Å². The molecular formula is C23H17ClN4O. The van der Waals surface area contributed by atoms with Crippen molar-refractivity contribution in [3.63, 3.8) is 0 Å². The van der Waals surface area contributed by atoms with Gasteiger partial charge in [-0.2, -0.15) is 0 Å². The number of rotatable bonds is 4. The summed E-state index contributed by atoms with van der Waals surface area (Å²) in [5.74, 6) is -0.0799. The highest BCUT2D eigenvalue weighted by atomic mass is 35.5. The van der Waals surface area contributed by atoms with Gasteiger partial charge in [-0.15, -0.1) is 0 Å². The number of benzene rings is 3. The van der Waals surface area contributed by atoms with Crippen LogP contribution in [-0.2, 0) is 4.79 Å². The van der Waals surface area contributed by atoms with Crippen LogP contribution in [0.2, 0.25) is 5.02 Å². The summed E-state index contributed by atoms with van der Waals surface area (Å²) in [6.45, 7) is 3.49. The number of nitrogens with zero attached hydrogens (tertiary/aromatic N) is 2. The normalized spacial score (nSPS) is 10.7. The van der Waals surface area contributed by atoms with E-state index in [9.17, 15) is 4.79 Å². The maximum absolute atomic E-state index is 11.7. The minimum Gasteiger partial charge on any atom is -0.368 e. The summed E-state index contributed by atoms with van der Waals surface area (Å²) in [6.07, 6.45) is 2.93. The van der Waals surface area contributed by atoms with Gasteiger partial charge < -0.3 is 11.1 Å². The van der Waals surface area contributed by atoms with E-state index in [1.165, 1.54) is 6.08 Å². The molecule has 0 saturated carbocycles. The molecule has 0 radical (unpaired) electrons. The van der Waals surface area contributed by atoms with Crippen molar-refractivity contribution in [2.75, 3.05) is 11.1 Å². The van der Waals surface area contributed by atoms with E-state index in [1.54, 1.807) is 6.20 Å². The number of nitrogen functional groups attached to an aromatic ring is 1. The summed E-state index contributed by atoms with van der Waals surface area (Å²) >= 11 is 6.42. The fourth-order valence-corrected chi connectivity index (χ4v) is 3.43. The average Bonchev–Trinajstić information content (AvgIpc) is 2.73. The van der Waals surface area contributed by atoms with Crippen LogP contribution in [0.15, 0.2) is 79.5 Å². The zero-order valence-corrected chi connectivity index (χ0v) is 16.1. The molecule has 0 unspecified atom stereocenters. The molecule has 4 aromatic rings. The molecule has 0 spiro atoms. The Labute approximate surface area is 172 Å². The Morgan fingerprint density at radius 2 is 1.86 bits per heavy atom. The molecule has 0 fully saturated rings. The van der Waals surface area contributed by atoms with Crippen LogP contribution >= 0.6 is 11.6 Å². The standard InChI is InChI=1S/C23H17ClN4O/c1-2-21(29)27-17-7-5-6-14(11-17)19-12-15(18-8-3-4-9-20(18)24)10-16-13-26-23(25)28-22(16)19/h2-13H,1H2,(H,27,29)(H2,25,26,28). The van der Waals surface area contributed by atoms with Crippen molar-refractivity contribution in [1.82, 2.24) is 9.97 Å². The Morgan fingerprint density at radius 1 is 1.03 bits per heavy atom. The van der Waals surface area contributed by atoms with Gasteiger partial charge in [-0.3, -0.25) is 4.79 Å². The number of fused-ring (bicyclic) bond motifs is 1. The second-order valence-corrected chi connectivity index (χ2v) is 6.85. The molecule has 1 heterocycles. The van der Waals surface area contributed by atoms with Crippen molar-refractivity contribution >= 4 is 40.0 Å². The monoisotopic (exact) mass is 400 g/mol. The first-order valence-corrected chi connectivity index (χ1v) is 9.28. The summed E-state index contributed by atoms with van der Waals surface area (Å²) in [5, 5.41) is 4.27. The van der Waals surface area contributed by atoms with E-state index in [0.717, 1.165) is 33.2 Å². The first-order chi connectivity index (χ1) is 14.0. The maximum Gasteiger partial charge on any atom is 0.247 e. The largest absolute Gasteiger partial charge is 0.368 e. The minimum absolute atomic E-state index is 0.195. The van der Waals surface area contributed by atoms with Crippen molar-refractivity contribution in [2.24, 2.45) is 0 Å². The highest BCUT2D eigenvalue weighted by Crippen LogP contribution is 2.36. The number of hydrogen-bond acceptors (Lipinski definition) is 4. The van der Waals surface area contributed by atoms with Gasteiger partial charge in [-0.25, -0.2) is 9.97 Å². The third-order valence-electron chi connectivity index (χ3n) is 4.51. The zero-order valence-electron chi connectivity index (χ0n) is 15.4. The summed E-state index contributed by atoms with van der Waals surface area (Å²) in [4.78, 5) is 20.3. The van der Waals surface area contributed by atoms with Crippen molar-refractivity contribution in [3.8, 4) is 22.3 Å². The van der Waals surface area contributed by atoms with Crippen LogP contribution in [0.4, 0.5) is 11.6 Å². The van der Waals surface area contributed by atoms with Crippen LogP contribution in [0.3, 0.4) is 0 Å². The lowest BCUT2D eigenvalue weighted by molar-refractivity contribution is -0.111. The second kappa shape index (κ2) is 7.73. The summed E-state index contributed by atoms with van der Waals surface area (Å²) in [6, 6.07) is 19.2. The summed E-state index contributed by atoms with van der Waals surface area (Å²) < 4.78 is 0. The Hall–Kier alpha value is -3.70. The van der Waals surface area contributed by atoms with E-state index < -0.39 is 0 Å². The molecule has 0 aliphatic rings. The second-order valence-electron chi connectivity index (χ2n) is 6.44. The van der Waals surface area contributed by atoms with Crippen LogP contribution in [0.5, 0.6) is 0 Å². The smallest absolute Gasteiger partial charge is 0.247 e. The predicted molar refractivity (Wildman–Crippen MR) is 119 cm³/mol. The lowest BCUT2D eigenvalue weighted by Crippen LogP contribution is -2.07. The minimum atomic E-state index is -0.275. The van der Waals surface area contributed by atoms with Gasteiger partial charge in [-0.05, 0) is 47.5 Å². The number of carbonyl (C=O) groups excluding carboxylic acids is 1. The third kappa shape index (κ3) is 3.81. The first-order valence-electron chi connectivity index (χ1n) is 8.90. The topological polar surface area (TPSA) is 80.9 Å². The molecular weight excluding hydrogens is 384 g/mol. The van der Waals surface area contributed by atoms with E-state index in [0.29, 0.717) is 10.7 Å². The zero-order chi connectivity index (χ0) is 20.4. The number of aromatic nitrogens is 2. The van der Waals surface area contributed by atoms with Crippen LogP contribution in [0.25, 0.3) is 33.2 Å². The molecule has 0 aliphatic heterocycles. The molecule has 0 atom stereocenters. The van der Waals surface area contributed by atoms with Crippen molar-refractivity contribution in [2.45, 2.75) is 0 Å².